The Morgan fingerprint density at radius 3 is 1.79 bits per heavy atom. The molecular formula is C15H16FeO3. The van der Waals surface area contributed by atoms with Crippen molar-refractivity contribution >= 4 is 11.8 Å². The van der Waals surface area contributed by atoms with E-state index in [1.165, 1.54) is 0 Å². The zero-order valence-corrected chi connectivity index (χ0v) is 11.7. The molecule has 0 saturated carbocycles. The second-order valence-corrected chi connectivity index (χ2v) is 35.1. The van der Waals surface area contributed by atoms with Crippen LogP contribution in [0, 0.1) is 5.92 Å². The molecular weight excluding hydrogens is 284 g/mol. The van der Waals surface area contributed by atoms with Gasteiger partial charge in [0, 0.05) is 0 Å². The van der Waals surface area contributed by atoms with Crippen LogP contribution >= 0.6 is 0 Å². The standard InChI is InChI=1S/C10H11O3.C5H5.Fe/c1-7(10(12)13)6-9(11)8-4-2-3-5-8;1-2-4-5-3-1;/h2-5,7H,6H2,1H3,(H,12,13);1-5H;. The van der Waals surface area contributed by atoms with Gasteiger partial charge in [-0.25, -0.2) is 0 Å². The molecule has 10 fully saturated rings. The molecule has 10 saturated heterocycles. The number of rotatable bonds is 4. The van der Waals surface area contributed by atoms with Gasteiger partial charge in [0.25, 0.3) is 0 Å². The summed E-state index contributed by atoms with van der Waals surface area (Å²) in [6.45, 7) is -1.56. The van der Waals surface area contributed by atoms with Gasteiger partial charge >= 0.3 is 99.9 Å². The maximum atomic E-state index is 13.1. The van der Waals surface area contributed by atoms with Crippen LogP contribution in [0.15, 0.2) is 0 Å². The Labute approximate surface area is 100.0 Å². The molecule has 0 aromatic rings. The monoisotopic (exact) mass is 300 g/mol. The van der Waals surface area contributed by atoms with Crippen molar-refractivity contribution in [1.82, 2.24) is 0 Å². The van der Waals surface area contributed by atoms with Crippen LogP contribution in [0.25, 0.3) is 0 Å². The van der Waals surface area contributed by atoms with Gasteiger partial charge < -0.3 is 0 Å². The molecule has 4 heteroatoms. The van der Waals surface area contributed by atoms with Gasteiger partial charge in [-0.15, -0.1) is 0 Å². The average molecular weight is 300 g/mol. The van der Waals surface area contributed by atoms with Crippen molar-refractivity contribution in [3.8, 4) is 0 Å². The quantitative estimate of drug-likeness (QED) is 0.809. The second-order valence-electron chi connectivity index (χ2n) is 11.5. The molecule has 0 aromatic carbocycles. The van der Waals surface area contributed by atoms with Crippen LogP contribution in [0.3, 0.4) is 0 Å². The fraction of sp³-hybridized carbons (Fsp3) is 0.867. The molecule has 10 aliphatic rings. The summed E-state index contributed by atoms with van der Waals surface area (Å²) in [6.07, 6.45) is 0.360. The number of ketones is 1. The summed E-state index contributed by atoms with van der Waals surface area (Å²) in [5, 5.41) is 9.12. The number of hydrogen-bond donors (Lipinski definition) is 1. The third kappa shape index (κ3) is 0.0843. The van der Waals surface area contributed by atoms with E-state index in [0.717, 1.165) is 43.3 Å². The number of carboxylic acid groups (broad SMARTS) is 1. The Bertz CT molecular complexity index is 1010. The van der Waals surface area contributed by atoms with Crippen LogP contribution in [0.4, 0.5) is 0 Å². The Morgan fingerprint density at radius 2 is 1.53 bits per heavy atom. The van der Waals surface area contributed by atoms with E-state index in [1.807, 2.05) is 0 Å². The summed E-state index contributed by atoms with van der Waals surface area (Å²) < 4.78 is 0.267. The summed E-state index contributed by atoms with van der Waals surface area (Å²) in [4.78, 5) is 34.3. The summed E-state index contributed by atoms with van der Waals surface area (Å²) in [5.41, 5.74) is 0. The van der Waals surface area contributed by atoms with E-state index in [1.54, 1.807) is 6.92 Å². The molecule has 5 atom stereocenters. The zero-order valence-electron chi connectivity index (χ0n) is 10.6. The molecule has 1 spiro atoms. The van der Waals surface area contributed by atoms with Crippen LogP contribution in [-0.4, -0.2) is 16.9 Å². The van der Waals surface area contributed by atoms with Gasteiger partial charge in [0.1, 0.15) is 0 Å². The van der Waals surface area contributed by atoms with Crippen molar-refractivity contribution in [2.75, 3.05) is 0 Å². The first-order valence-corrected chi connectivity index (χ1v) is 14.1. The van der Waals surface area contributed by atoms with Crippen LogP contribution in [-0.2, 0) is 16.1 Å². The summed E-state index contributed by atoms with van der Waals surface area (Å²) in [6, 6.07) is 0. The topological polar surface area (TPSA) is 54.4 Å². The van der Waals surface area contributed by atoms with Crippen LogP contribution in [0.5, 0.6) is 0 Å². The van der Waals surface area contributed by atoms with Crippen molar-refractivity contribution in [2.24, 2.45) is 5.92 Å². The molecule has 10 rings (SSSR count). The number of carbonyl (C=O) groups excluding carboxylic acids is 1. The average Bonchev–Trinajstić information content (AvgIpc) is 3.30. The molecule has 10 aliphatic heterocycles. The van der Waals surface area contributed by atoms with Gasteiger partial charge in [-0.1, -0.05) is 0 Å². The molecule has 0 amide bonds. The van der Waals surface area contributed by atoms with Crippen molar-refractivity contribution in [3.05, 3.63) is 0 Å². The zero-order chi connectivity index (χ0) is 12.5. The van der Waals surface area contributed by atoms with E-state index in [2.05, 4.69) is 0 Å². The third-order valence-electron chi connectivity index (χ3n) is 16.0. The minimum absolute atomic E-state index is 0.267. The fourth-order valence-electron chi connectivity index (χ4n) is 17.5. The van der Waals surface area contributed by atoms with Gasteiger partial charge in [-0.05, 0) is 0 Å². The molecule has 5 unspecified atom stereocenters. The number of Topliss-reactive ketones (excluding diaryl/α,β-unsaturated/α-hetero) is 1. The number of hydrogen-bond acceptors (Lipinski definition) is 2. The van der Waals surface area contributed by atoms with E-state index in [4.69, 9.17) is 5.11 Å². The van der Waals surface area contributed by atoms with Gasteiger partial charge in [0.15, 0.2) is 0 Å². The molecule has 3 nitrogen and oxygen atoms in total. The molecule has 19 heavy (non-hydrogen) atoms. The molecule has 102 valence electrons. The third-order valence-corrected chi connectivity index (χ3v) is 58.4. The maximum absolute atomic E-state index is 13.1. The molecule has 1 N–H and O–H groups in total. The van der Waals surface area contributed by atoms with Crippen molar-refractivity contribution in [1.29, 1.82) is 0 Å². The summed E-state index contributed by atoms with van der Waals surface area (Å²) >= 11 is 0. The Kier molecular flexibility index (Phi) is 0.255. The fourth-order valence-corrected chi connectivity index (χ4v) is 91.6. The van der Waals surface area contributed by atoms with Crippen molar-refractivity contribution in [3.63, 3.8) is 0 Å². The Morgan fingerprint density at radius 1 is 1.05 bits per heavy atom. The predicted octanol–water partition coefficient (Wildman–Crippen LogP) is 3.43. The first-order valence-electron chi connectivity index (χ1n) is 7.77. The Hall–Kier alpha value is -0.341. The van der Waals surface area contributed by atoms with Gasteiger partial charge in [-0.3, -0.25) is 0 Å². The SMILES string of the molecule is CC(CC(=O)[C]12[CH]3[CH]4[CH]5[CH]1[Fe]45321678[CH]2[CH]1[CH]6[CH]7[CH]28)C(=O)O. The van der Waals surface area contributed by atoms with Crippen LogP contribution in [0.2, 0.25) is 47.7 Å². The molecule has 0 aromatic heterocycles. The minimum atomic E-state index is -3.29. The second kappa shape index (κ2) is 0.638. The van der Waals surface area contributed by atoms with Gasteiger partial charge in [0.05, 0.1) is 0 Å². The van der Waals surface area contributed by atoms with E-state index in [9.17, 15) is 9.59 Å². The van der Waals surface area contributed by atoms with Crippen LogP contribution < -0.4 is 0 Å². The molecule has 10 heterocycles. The van der Waals surface area contributed by atoms with E-state index < -0.39 is 18.4 Å². The number of carbonyl (C=O) groups is 2. The van der Waals surface area contributed by atoms with Gasteiger partial charge in [-0.2, -0.15) is 0 Å². The first-order chi connectivity index (χ1) is 8.79. The van der Waals surface area contributed by atoms with Crippen molar-refractivity contribution < 1.29 is 21.2 Å². The predicted molar refractivity (Wildman–Crippen MR) is 62.9 cm³/mol. The van der Waals surface area contributed by atoms with E-state index in [0.29, 0.717) is 12.2 Å². The van der Waals surface area contributed by atoms with Crippen LogP contribution in [0.1, 0.15) is 13.3 Å². The first kappa shape index (κ1) is 7.61. The molecule has 0 aliphatic carbocycles. The normalized spacial score (nSPS) is 109. The van der Waals surface area contributed by atoms with Gasteiger partial charge in [0.2, 0.25) is 0 Å². The number of aliphatic carboxylic acids is 1. The van der Waals surface area contributed by atoms with E-state index in [-0.39, 0.29) is 4.31 Å². The molecule has 0 bridgehead atoms. The number of carboxylic acids is 1. The Balaban J connectivity index is 1.34. The summed E-state index contributed by atoms with van der Waals surface area (Å²) in [7, 11) is 0. The number of fused-ring (bicyclic) bond motifs is 10. The molecule has 0 radical (unpaired) electrons. The summed E-state index contributed by atoms with van der Waals surface area (Å²) in [5.74, 6) is -0.748. The van der Waals surface area contributed by atoms with E-state index >= 15 is 0 Å². The van der Waals surface area contributed by atoms with Crippen molar-refractivity contribution in [2.45, 2.75) is 61.0 Å².